The summed E-state index contributed by atoms with van der Waals surface area (Å²) in [7, 11) is -3.03. The largest absolute Gasteiger partial charge is 0.496 e. The molecule has 0 aliphatic carbocycles. The van der Waals surface area contributed by atoms with Gasteiger partial charge in [0.15, 0.2) is 5.78 Å². The van der Waals surface area contributed by atoms with Gasteiger partial charge in [-0.05, 0) is 35.1 Å². The third-order valence-electron chi connectivity index (χ3n) is 4.66. The van der Waals surface area contributed by atoms with Gasteiger partial charge in [0, 0.05) is 23.2 Å². The maximum atomic E-state index is 13.2. The molecule has 0 saturated carbocycles. The molecule has 2 aromatic carbocycles. The molecule has 0 heterocycles. The van der Waals surface area contributed by atoms with Gasteiger partial charge in [0.05, 0.1) is 7.11 Å². The standard InChI is InChI=1S/C21H27NO5S/c1-12(2)15-11-16(22)20(19(13(3)4)21(15)28(24,25)26)17(23)10-14-8-6-7-9-18(14)27-5/h6-9,11-13H,10,22H2,1-5H3,(H,24,25,26). The van der Waals surface area contributed by atoms with Gasteiger partial charge < -0.3 is 10.5 Å². The number of benzene rings is 2. The van der Waals surface area contributed by atoms with Gasteiger partial charge in [0.25, 0.3) is 10.1 Å². The first-order valence-corrected chi connectivity index (χ1v) is 10.5. The highest BCUT2D eigenvalue weighted by molar-refractivity contribution is 7.86. The van der Waals surface area contributed by atoms with Crippen molar-refractivity contribution in [1.82, 2.24) is 0 Å². The van der Waals surface area contributed by atoms with Crippen molar-refractivity contribution in [3.05, 3.63) is 52.6 Å². The van der Waals surface area contributed by atoms with E-state index in [-0.39, 0.29) is 45.7 Å². The van der Waals surface area contributed by atoms with E-state index in [1.54, 1.807) is 38.1 Å². The molecule has 0 unspecified atom stereocenters. The number of methoxy groups -OCH3 is 1. The molecule has 2 aromatic rings. The summed E-state index contributed by atoms with van der Waals surface area (Å²) in [5.74, 6) is -0.301. The normalized spacial score (nSPS) is 11.9. The smallest absolute Gasteiger partial charge is 0.295 e. The van der Waals surface area contributed by atoms with Gasteiger partial charge in [-0.3, -0.25) is 9.35 Å². The first-order chi connectivity index (χ1) is 13.0. The summed E-state index contributed by atoms with van der Waals surface area (Å²) >= 11 is 0. The predicted molar refractivity (Wildman–Crippen MR) is 110 cm³/mol. The lowest BCUT2D eigenvalue weighted by molar-refractivity contribution is 0.0991. The number of Topliss-reactive ketones (excluding diaryl/α,β-unsaturated/α-hetero) is 1. The number of carbonyl (C=O) groups is 1. The Morgan fingerprint density at radius 3 is 2.25 bits per heavy atom. The Hall–Kier alpha value is -2.38. The van der Waals surface area contributed by atoms with E-state index in [4.69, 9.17) is 10.5 Å². The Balaban J connectivity index is 2.75. The Bertz CT molecular complexity index is 994. The minimum atomic E-state index is -4.55. The van der Waals surface area contributed by atoms with E-state index in [1.807, 2.05) is 13.8 Å². The van der Waals surface area contributed by atoms with Crippen LogP contribution in [0.5, 0.6) is 5.75 Å². The van der Waals surface area contributed by atoms with Crippen molar-refractivity contribution in [2.45, 2.75) is 50.8 Å². The fourth-order valence-corrected chi connectivity index (χ4v) is 4.63. The molecule has 0 fully saturated rings. The topological polar surface area (TPSA) is 107 Å². The number of rotatable bonds is 7. The molecule has 152 valence electrons. The molecule has 0 saturated heterocycles. The molecule has 0 aliphatic rings. The lowest BCUT2D eigenvalue weighted by Crippen LogP contribution is -2.18. The molecule has 0 aromatic heterocycles. The van der Waals surface area contributed by atoms with Gasteiger partial charge in [-0.25, -0.2) is 0 Å². The molecule has 6 nitrogen and oxygen atoms in total. The molecule has 0 amide bonds. The number of ether oxygens (including phenoxy) is 1. The van der Waals surface area contributed by atoms with E-state index in [9.17, 15) is 17.8 Å². The Morgan fingerprint density at radius 2 is 1.75 bits per heavy atom. The van der Waals surface area contributed by atoms with Crippen LogP contribution >= 0.6 is 0 Å². The summed E-state index contributed by atoms with van der Waals surface area (Å²) in [6, 6.07) is 8.60. The molecule has 0 bridgehead atoms. The second kappa shape index (κ2) is 8.32. The van der Waals surface area contributed by atoms with Crippen molar-refractivity contribution in [2.75, 3.05) is 12.8 Å². The van der Waals surface area contributed by atoms with Crippen LogP contribution in [0.4, 0.5) is 5.69 Å². The van der Waals surface area contributed by atoms with Crippen molar-refractivity contribution < 1.29 is 22.5 Å². The Morgan fingerprint density at radius 1 is 1.14 bits per heavy atom. The van der Waals surface area contributed by atoms with Gasteiger partial charge in [-0.2, -0.15) is 8.42 Å². The van der Waals surface area contributed by atoms with Crippen LogP contribution in [-0.4, -0.2) is 25.9 Å². The number of anilines is 1. The minimum absolute atomic E-state index is 0.000124. The summed E-state index contributed by atoms with van der Waals surface area (Å²) in [6.45, 7) is 7.16. The number of para-hydroxylation sites is 1. The first kappa shape index (κ1) is 21.9. The van der Waals surface area contributed by atoms with Crippen LogP contribution in [0, 0.1) is 0 Å². The molecule has 0 radical (unpaired) electrons. The van der Waals surface area contributed by atoms with Crippen LogP contribution < -0.4 is 10.5 Å². The molecule has 28 heavy (non-hydrogen) atoms. The average molecular weight is 406 g/mol. The summed E-state index contributed by atoms with van der Waals surface area (Å²) in [5, 5.41) is 0. The predicted octanol–water partition coefficient (Wildman–Crippen LogP) is 4.20. The number of carbonyl (C=O) groups excluding carboxylic acids is 1. The molecular weight excluding hydrogens is 378 g/mol. The third kappa shape index (κ3) is 4.36. The molecule has 2 rings (SSSR count). The van der Waals surface area contributed by atoms with E-state index in [0.29, 0.717) is 16.9 Å². The third-order valence-corrected chi connectivity index (χ3v) is 5.63. The summed E-state index contributed by atoms with van der Waals surface area (Å²) in [4.78, 5) is 13.0. The van der Waals surface area contributed by atoms with Crippen molar-refractivity contribution in [1.29, 1.82) is 0 Å². The monoisotopic (exact) mass is 405 g/mol. The van der Waals surface area contributed by atoms with Crippen LogP contribution in [0.3, 0.4) is 0 Å². The molecule has 3 N–H and O–H groups in total. The maximum Gasteiger partial charge on any atom is 0.295 e. The van der Waals surface area contributed by atoms with Crippen molar-refractivity contribution >= 4 is 21.6 Å². The van der Waals surface area contributed by atoms with E-state index in [1.165, 1.54) is 13.2 Å². The quantitative estimate of drug-likeness (QED) is 0.406. The fraction of sp³-hybridized carbons (Fsp3) is 0.381. The van der Waals surface area contributed by atoms with Crippen molar-refractivity contribution in [3.63, 3.8) is 0 Å². The van der Waals surface area contributed by atoms with Crippen LogP contribution in [0.25, 0.3) is 0 Å². The lowest BCUT2D eigenvalue weighted by Gasteiger charge is -2.23. The molecule has 0 spiro atoms. The molecule has 0 atom stereocenters. The SMILES string of the molecule is COc1ccccc1CC(=O)c1c(N)cc(C(C)C)c(S(=O)(=O)O)c1C(C)C. The van der Waals surface area contributed by atoms with E-state index in [0.717, 1.165) is 0 Å². The number of hydrogen-bond acceptors (Lipinski definition) is 5. The number of hydrogen-bond donors (Lipinski definition) is 2. The van der Waals surface area contributed by atoms with Gasteiger partial charge in [0.2, 0.25) is 0 Å². The highest BCUT2D eigenvalue weighted by atomic mass is 32.2. The van der Waals surface area contributed by atoms with Crippen molar-refractivity contribution in [2.24, 2.45) is 0 Å². The first-order valence-electron chi connectivity index (χ1n) is 9.07. The van der Waals surface area contributed by atoms with Gasteiger partial charge >= 0.3 is 0 Å². The van der Waals surface area contributed by atoms with Crippen LogP contribution in [-0.2, 0) is 16.5 Å². The molecule has 7 heteroatoms. The highest BCUT2D eigenvalue weighted by Gasteiger charge is 2.30. The van der Waals surface area contributed by atoms with Crippen LogP contribution in [0.15, 0.2) is 35.2 Å². The van der Waals surface area contributed by atoms with Gasteiger partial charge in [0.1, 0.15) is 10.6 Å². The van der Waals surface area contributed by atoms with E-state index >= 15 is 0 Å². The highest BCUT2D eigenvalue weighted by Crippen LogP contribution is 2.38. The minimum Gasteiger partial charge on any atom is -0.496 e. The second-order valence-corrected chi connectivity index (χ2v) is 8.73. The zero-order valence-electron chi connectivity index (χ0n) is 16.8. The average Bonchev–Trinajstić information content (AvgIpc) is 2.59. The molecule has 0 aliphatic heterocycles. The number of ketones is 1. The van der Waals surface area contributed by atoms with Crippen LogP contribution in [0.2, 0.25) is 0 Å². The second-order valence-electron chi connectivity index (χ2n) is 7.37. The summed E-state index contributed by atoms with van der Waals surface area (Å²) in [6.07, 6.45) is -0.000124. The number of nitrogen functional groups attached to an aromatic ring is 1. The van der Waals surface area contributed by atoms with E-state index in [2.05, 4.69) is 0 Å². The number of nitrogens with two attached hydrogens (primary N) is 1. The van der Waals surface area contributed by atoms with Crippen LogP contribution in [0.1, 0.15) is 66.6 Å². The summed E-state index contributed by atoms with van der Waals surface area (Å²) < 4.78 is 39.6. The maximum absolute atomic E-state index is 13.2. The van der Waals surface area contributed by atoms with E-state index < -0.39 is 10.1 Å². The summed E-state index contributed by atoms with van der Waals surface area (Å²) in [5.41, 5.74) is 7.88. The zero-order valence-corrected chi connectivity index (χ0v) is 17.6. The van der Waals surface area contributed by atoms with Gasteiger partial charge in [-0.1, -0.05) is 45.9 Å². The van der Waals surface area contributed by atoms with Gasteiger partial charge in [-0.15, -0.1) is 0 Å². The Kier molecular flexibility index (Phi) is 6.52. The van der Waals surface area contributed by atoms with Crippen molar-refractivity contribution in [3.8, 4) is 5.75 Å². The Labute approximate surface area is 166 Å². The fourth-order valence-electron chi connectivity index (χ4n) is 3.42. The molecular formula is C21H27NO5S. The zero-order chi connectivity index (χ0) is 21.2. The lowest BCUT2D eigenvalue weighted by atomic mass is 9.87.